The second kappa shape index (κ2) is 6.68. The van der Waals surface area contributed by atoms with Crippen molar-refractivity contribution in [3.8, 4) is 0 Å². The van der Waals surface area contributed by atoms with Crippen molar-refractivity contribution in [2.24, 2.45) is 5.73 Å². The van der Waals surface area contributed by atoms with E-state index in [1.165, 1.54) is 10.5 Å². The largest absolute Gasteiger partial charge is 0.330 e. The Bertz CT molecular complexity index is 517. The van der Waals surface area contributed by atoms with E-state index >= 15 is 0 Å². The molecule has 0 bridgehead atoms. The third kappa shape index (κ3) is 3.78. The molecule has 0 saturated heterocycles. The molecule has 0 aliphatic carbocycles. The lowest BCUT2D eigenvalue weighted by Gasteiger charge is -2.09. The van der Waals surface area contributed by atoms with Crippen LogP contribution in [0.1, 0.15) is 22.8 Å². The number of hydrogen-bond acceptors (Lipinski definition) is 4. The predicted octanol–water partition coefficient (Wildman–Crippen LogP) is 2.89. The van der Waals surface area contributed by atoms with Crippen LogP contribution in [0.2, 0.25) is 0 Å². The lowest BCUT2D eigenvalue weighted by Crippen LogP contribution is -2.10. The zero-order valence-corrected chi connectivity index (χ0v) is 12.2. The Kier molecular flexibility index (Phi) is 4.93. The molecule has 0 aliphatic rings. The van der Waals surface area contributed by atoms with Crippen molar-refractivity contribution in [3.63, 3.8) is 0 Å². The number of thioether (sulfide) groups is 1. The zero-order valence-electron chi connectivity index (χ0n) is 11.4. The van der Waals surface area contributed by atoms with Crippen LogP contribution in [-0.2, 0) is 12.2 Å². The first-order valence-corrected chi connectivity index (χ1v) is 7.40. The molecule has 1 heterocycles. The van der Waals surface area contributed by atoms with Gasteiger partial charge in [-0.15, -0.1) is 11.8 Å². The highest BCUT2D eigenvalue weighted by atomic mass is 32.2. The Labute approximate surface area is 118 Å². The van der Waals surface area contributed by atoms with Crippen LogP contribution >= 0.6 is 11.8 Å². The van der Waals surface area contributed by atoms with Gasteiger partial charge in [-0.05, 0) is 44.5 Å². The predicted molar refractivity (Wildman–Crippen MR) is 80.3 cm³/mol. The maximum absolute atomic E-state index is 5.61. The van der Waals surface area contributed by atoms with Crippen molar-refractivity contribution in [1.29, 1.82) is 0 Å². The van der Waals surface area contributed by atoms with Gasteiger partial charge in [0.2, 0.25) is 0 Å². The van der Waals surface area contributed by atoms with E-state index in [9.17, 15) is 0 Å². The highest BCUT2D eigenvalue weighted by Gasteiger charge is 2.08. The molecule has 2 N–H and O–H groups in total. The van der Waals surface area contributed by atoms with Gasteiger partial charge in [0.1, 0.15) is 5.82 Å². The number of hydrogen-bond donors (Lipinski definition) is 1. The van der Waals surface area contributed by atoms with Crippen molar-refractivity contribution in [2.75, 3.05) is 6.54 Å². The van der Waals surface area contributed by atoms with Gasteiger partial charge in [0.15, 0.2) is 0 Å². The molecule has 0 unspecified atom stereocenters. The number of aromatic nitrogens is 2. The molecule has 1 aromatic heterocycles. The van der Waals surface area contributed by atoms with Gasteiger partial charge in [0.05, 0.1) is 5.75 Å². The van der Waals surface area contributed by atoms with Crippen molar-refractivity contribution >= 4 is 11.8 Å². The van der Waals surface area contributed by atoms with E-state index in [-0.39, 0.29) is 0 Å². The standard InChI is InChI=1S/C15H19N3S/c1-11-14(8-9-16)12(2)18-15(17-11)10-19-13-6-4-3-5-7-13/h3-7H,8-10,16H2,1-2H3. The molecular formula is C15H19N3S. The molecular weight excluding hydrogens is 254 g/mol. The molecule has 19 heavy (non-hydrogen) atoms. The average Bonchev–Trinajstić information content (AvgIpc) is 2.42. The Hall–Kier alpha value is -1.39. The Morgan fingerprint density at radius 3 is 2.26 bits per heavy atom. The summed E-state index contributed by atoms with van der Waals surface area (Å²) in [6.45, 7) is 4.72. The molecule has 0 atom stereocenters. The lowest BCUT2D eigenvalue weighted by molar-refractivity contribution is 0.868. The maximum Gasteiger partial charge on any atom is 0.139 e. The van der Waals surface area contributed by atoms with Gasteiger partial charge in [-0.2, -0.15) is 0 Å². The molecule has 0 spiro atoms. The monoisotopic (exact) mass is 273 g/mol. The number of aryl methyl sites for hydroxylation is 2. The van der Waals surface area contributed by atoms with E-state index in [4.69, 9.17) is 5.73 Å². The quantitative estimate of drug-likeness (QED) is 0.851. The second-order valence-corrected chi connectivity index (χ2v) is 5.48. The summed E-state index contributed by atoms with van der Waals surface area (Å²) in [6, 6.07) is 10.3. The molecule has 0 aliphatic heterocycles. The molecule has 1 aromatic carbocycles. The summed E-state index contributed by atoms with van der Waals surface area (Å²) in [6.07, 6.45) is 0.851. The van der Waals surface area contributed by atoms with E-state index in [2.05, 4.69) is 22.1 Å². The summed E-state index contributed by atoms with van der Waals surface area (Å²) in [4.78, 5) is 10.4. The van der Waals surface area contributed by atoms with Gasteiger partial charge in [0, 0.05) is 16.3 Å². The summed E-state index contributed by atoms with van der Waals surface area (Å²) < 4.78 is 0. The van der Waals surface area contributed by atoms with Crippen molar-refractivity contribution in [1.82, 2.24) is 9.97 Å². The molecule has 2 rings (SSSR count). The SMILES string of the molecule is Cc1nc(CSc2ccccc2)nc(C)c1CCN. The molecule has 3 nitrogen and oxygen atoms in total. The van der Waals surface area contributed by atoms with Gasteiger partial charge in [-0.1, -0.05) is 18.2 Å². The summed E-state index contributed by atoms with van der Waals surface area (Å²) >= 11 is 1.76. The maximum atomic E-state index is 5.61. The van der Waals surface area contributed by atoms with Crippen LogP contribution in [0.3, 0.4) is 0 Å². The highest BCUT2D eigenvalue weighted by Crippen LogP contribution is 2.21. The van der Waals surface area contributed by atoms with Crippen LogP contribution in [0.15, 0.2) is 35.2 Å². The first-order valence-electron chi connectivity index (χ1n) is 6.41. The number of benzene rings is 1. The Morgan fingerprint density at radius 1 is 1.05 bits per heavy atom. The number of nitrogens with two attached hydrogens (primary N) is 1. The van der Waals surface area contributed by atoms with Crippen molar-refractivity contribution in [2.45, 2.75) is 30.9 Å². The topological polar surface area (TPSA) is 51.8 Å². The molecule has 100 valence electrons. The average molecular weight is 273 g/mol. The molecule has 0 fully saturated rings. The van der Waals surface area contributed by atoms with Crippen LogP contribution in [0, 0.1) is 13.8 Å². The van der Waals surface area contributed by atoms with E-state index < -0.39 is 0 Å². The van der Waals surface area contributed by atoms with Gasteiger partial charge in [-0.3, -0.25) is 0 Å². The molecule has 4 heteroatoms. The smallest absolute Gasteiger partial charge is 0.139 e. The van der Waals surface area contributed by atoms with Crippen LogP contribution in [0.4, 0.5) is 0 Å². The summed E-state index contributed by atoms with van der Waals surface area (Å²) in [5.41, 5.74) is 8.92. The molecule has 2 aromatic rings. The second-order valence-electron chi connectivity index (χ2n) is 4.43. The normalized spacial score (nSPS) is 10.7. The van der Waals surface area contributed by atoms with Crippen molar-refractivity contribution < 1.29 is 0 Å². The lowest BCUT2D eigenvalue weighted by atomic mass is 10.1. The van der Waals surface area contributed by atoms with Gasteiger partial charge < -0.3 is 5.73 Å². The molecule has 0 radical (unpaired) electrons. The van der Waals surface area contributed by atoms with Crippen LogP contribution < -0.4 is 5.73 Å². The van der Waals surface area contributed by atoms with Crippen molar-refractivity contribution in [3.05, 3.63) is 53.1 Å². The van der Waals surface area contributed by atoms with E-state index in [1.54, 1.807) is 11.8 Å². The minimum Gasteiger partial charge on any atom is -0.330 e. The van der Waals surface area contributed by atoms with Crippen LogP contribution in [-0.4, -0.2) is 16.5 Å². The fraction of sp³-hybridized carbons (Fsp3) is 0.333. The minimum atomic E-state index is 0.642. The Balaban J connectivity index is 2.09. The van der Waals surface area contributed by atoms with E-state index in [0.29, 0.717) is 6.54 Å². The van der Waals surface area contributed by atoms with Gasteiger partial charge >= 0.3 is 0 Å². The summed E-state index contributed by atoms with van der Waals surface area (Å²) in [7, 11) is 0. The first kappa shape index (κ1) is 14.0. The highest BCUT2D eigenvalue weighted by molar-refractivity contribution is 7.98. The van der Waals surface area contributed by atoms with E-state index in [1.807, 2.05) is 32.0 Å². The zero-order chi connectivity index (χ0) is 13.7. The van der Waals surface area contributed by atoms with E-state index in [0.717, 1.165) is 29.4 Å². The number of nitrogens with zero attached hydrogens (tertiary/aromatic N) is 2. The summed E-state index contributed by atoms with van der Waals surface area (Å²) in [5.74, 6) is 1.69. The Morgan fingerprint density at radius 2 is 1.68 bits per heavy atom. The summed E-state index contributed by atoms with van der Waals surface area (Å²) in [5, 5.41) is 0. The fourth-order valence-electron chi connectivity index (χ4n) is 2.04. The third-order valence-electron chi connectivity index (χ3n) is 2.97. The molecule has 0 amide bonds. The third-order valence-corrected chi connectivity index (χ3v) is 3.98. The van der Waals surface area contributed by atoms with Gasteiger partial charge in [-0.25, -0.2) is 9.97 Å². The van der Waals surface area contributed by atoms with Crippen LogP contribution in [0.5, 0.6) is 0 Å². The van der Waals surface area contributed by atoms with Crippen LogP contribution in [0.25, 0.3) is 0 Å². The number of rotatable bonds is 5. The van der Waals surface area contributed by atoms with Gasteiger partial charge in [0.25, 0.3) is 0 Å². The fourth-order valence-corrected chi connectivity index (χ4v) is 2.82. The minimum absolute atomic E-state index is 0.642. The molecule has 0 saturated carbocycles. The first-order chi connectivity index (χ1) is 9.20.